The zero-order valence-electron chi connectivity index (χ0n) is 10.6. The third-order valence-corrected chi connectivity index (χ3v) is 2.47. The Morgan fingerprint density at radius 1 is 1.50 bits per heavy atom. The number of furan rings is 1. The number of aryl methyl sites for hydroxylation is 1. The molecule has 0 fully saturated rings. The first-order valence-electron chi connectivity index (χ1n) is 6.13. The Morgan fingerprint density at radius 3 is 2.88 bits per heavy atom. The van der Waals surface area contributed by atoms with Crippen molar-refractivity contribution in [3.05, 3.63) is 35.8 Å². The van der Waals surface area contributed by atoms with E-state index in [1.807, 2.05) is 12.1 Å². The highest BCUT2D eigenvalue weighted by Crippen LogP contribution is 2.08. The molecule has 1 atom stereocenters. The molecule has 0 spiro atoms. The topological polar surface area (TPSA) is 25.2 Å². The van der Waals surface area contributed by atoms with Crippen molar-refractivity contribution < 1.29 is 4.42 Å². The Labute approximate surface area is 98.7 Å². The zero-order valence-corrected chi connectivity index (χ0v) is 10.6. The van der Waals surface area contributed by atoms with Crippen LogP contribution in [0, 0.1) is 0 Å². The van der Waals surface area contributed by atoms with Crippen LogP contribution in [0.3, 0.4) is 0 Å². The van der Waals surface area contributed by atoms with Crippen LogP contribution in [-0.4, -0.2) is 12.6 Å². The molecule has 0 aliphatic carbocycles. The molecule has 0 bridgehead atoms. The van der Waals surface area contributed by atoms with Crippen molar-refractivity contribution >= 4 is 0 Å². The second-order valence-electron chi connectivity index (χ2n) is 4.42. The molecule has 1 aromatic rings. The van der Waals surface area contributed by atoms with Gasteiger partial charge < -0.3 is 9.73 Å². The van der Waals surface area contributed by atoms with Gasteiger partial charge in [-0.25, -0.2) is 0 Å². The largest absolute Gasteiger partial charge is 0.469 e. The van der Waals surface area contributed by atoms with Crippen LogP contribution >= 0.6 is 0 Å². The smallest absolute Gasteiger partial charge is 0.103 e. The maximum absolute atomic E-state index is 5.34. The standard InChI is InChI=1S/C14H23NO/c1-4-9-15-13(11-12(2)3)7-8-14-6-5-10-16-14/h5-6,10-11,13,15H,4,7-9H2,1-3H3. The minimum atomic E-state index is 0.468. The van der Waals surface area contributed by atoms with Crippen molar-refractivity contribution in [3.8, 4) is 0 Å². The second kappa shape index (κ2) is 7.29. The van der Waals surface area contributed by atoms with Gasteiger partial charge in [-0.05, 0) is 45.4 Å². The fourth-order valence-electron chi connectivity index (χ4n) is 1.73. The van der Waals surface area contributed by atoms with E-state index in [2.05, 4.69) is 32.2 Å². The lowest BCUT2D eigenvalue weighted by molar-refractivity contribution is 0.475. The van der Waals surface area contributed by atoms with E-state index in [1.54, 1.807) is 6.26 Å². The summed E-state index contributed by atoms with van der Waals surface area (Å²) in [5.41, 5.74) is 1.37. The fourth-order valence-corrected chi connectivity index (χ4v) is 1.73. The molecule has 2 nitrogen and oxygen atoms in total. The predicted octanol–water partition coefficient (Wildman–Crippen LogP) is 3.55. The van der Waals surface area contributed by atoms with Gasteiger partial charge in [0.25, 0.3) is 0 Å². The Kier molecular flexibility index (Phi) is 5.94. The number of allylic oxidation sites excluding steroid dienone is 1. The molecule has 0 aliphatic heterocycles. The van der Waals surface area contributed by atoms with Crippen molar-refractivity contribution in [3.63, 3.8) is 0 Å². The van der Waals surface area contributed by atoms with Crippen LogP contribution in [-0.2, 0) is 6.42 Å². The third kappa shape index (κ3) is 5.17. The Morgan fingerprint density at radius 2 is 2.31 bits per heavy atom. The monoisotopic (exact) mass is 221 g/mol. The minimum Gasteiger partial charge on any atom is -0.469 e. The van der Waals surface area contributed by atoms with Gasteiger partial charge in [0.1, 0.15) is 5.76 Å². The highest BCUT2D eigenvalue weighted by atomic mass is 16.3. The van der Waals surface area contributed by atoms with Crippen LogP contribution in [0.5, 0.6) is 0 Å². The normalized spacial score (nSPS) is 12.4. The van der Waals surface area contributed by atoms with E-state index < -0.39 is 0 Å². The number of nitrogens with one attached hydrogen (secondary N) is 1. The fraction of sp³-hybridized carbons (Fsp3) is 0.571. The van der Waals surface area contributed by atoms with Crippen LogP contribution in [0.1, 0.15) is 39.4 Å². The van der Waals surface area contributed by atoms with E-state index in [0.717, 1.165) is 25.1 Å². The predicted molar refractivity (Wildman–Crippen MR) is 68.5 cm³/mol. The molecule has 0 aliphatic rings. The molecule has 0 amide bonds. The maximum atomic E-state index is 5.34. The van der Waals surface area contributed by atoms with E-state index in [9.17, 15) is 0 Å². The molecule has 1 rings (SSSR count). The lowest BCUT2D eigenvalue weighted by Crippen LogP contribution is -2.28. The molecule has 2 heteroatoms. The van der Waals surface area contributed by atoms with E-state index in [-0.39, 0.29) is 0 Å². The van der Waals surface area contributed by atoms with Gasteiger partial charge in [0.15, 0.2) is 0 Å². The first-order chi connectivity index (χ1) is 7.72. The van der Waals surface area contributed by atoms with Gasteiger partial charge >= 0.3 is 0 Å². The summed E-state index contributed by atoms with van der Waals surface area (Å²) in [6.07, 6.45) is 7.31. The van der Waals surface area contributed by atoms with Crippen LogP contribution in [0.4, 0.5) is 0 Å². The van der Waals surface area contributed by atoms with Crippen molar-refractivity contribution in [2.75, 3.05) is 6.54 Å². The molecule has 0 saturated heterocycles. The Hall–Kier alpha value is -1.02. The van der Waals surface area contributed by atoms with E-state index in [0.29, 0.717) is 6.04 Å². The molecular weight excluding hydrogens is 198 g/mol. The summed E-state index contributed by atoms with van der Waals surface area (Å²) in [4.78, 5) is 0. The average molecular weight is 221 g/mol. The lowest BCUT2D eigenvalue weighted by atomic mass is 10.1. The molecule has 0 radical (unpaired) electrons. The zero-order chi connectivity index (χ0) is 11.8. The van der Waals surface area contributed by atoms with Crippen LogP contribution < -0.4 is 5.32 Å². The van der Waals surface area contributed by atoms with Gasteiger partial charge in [-0.1, -0.05) is 18.6 Å². The Balaban J connectivity index is 2.40. The van der Waals surface area contributed by atoms with Gasteiger partial charge in [-0.3, -0.25) is 0 Å². The van der Waals surface area contributed by atoms with Crippen molar-refractivity contribution in [2.24, 2.45) is 0 Å². The molecule has 0 saturated carbocycles. The summed E-state index contributed by atoms with van der Waals surface area (Å²) < 4.78 is 5.34. The highest BCUT2D eigenvalue weighted by Gasteiger charge is 2.05. The van der Waals surface area contributed by atoms with Crippen LogP contribution in [0.25, 0.3) is 0 Å². The second-order valence-corrected chi connectivity index (χ2v) is 4.42. The highest BCUT2D eigenvalue weighted by molar-refractivity contribution is 5.04. The van der Waals surface area contributed by atoms with Crippen molar-refractivity contribution in [1.29, 1.82) is 0 Å². The van der Waals surface area contributed by atoms with Crippen molar-refractivity contribution in [2.45, 2.75) is 46.1 Å². The summed E-state index contributed by atoms with van der Waals surface area (Å²) in [5.74, 6) is 1.07. The van der Waals surface area contributed by atoms with Gasteiger partial charge in [0.2, 0.25) is 0 Å². The maximum Gasteiger partial charge on any atom is 0.103 e. The molecular formula is C14H23NO. The summed E-state index contributed by atoms with van der Waals surface area (Å²) >= 11 is 0. The first kappa shape index (κ1) is 13.0. The molecule has 1 N–H and O–H groups in total. The molecule has 90 valence electrons. The molecule has 0 aromatic carbocycles. The van der Waals surface area contributed by atoms with E-state index in [1.165, 1.54) is 12.0 Å². The number of hydrogen-bond acceptors (Lipinski definition) is 2. The van der Waals surface area contributed by atoms with Gasteiger partial charge in [-0.15, -0.1) is 0 Å². The molecule has 16 heavy (non-hydrogen) atoms. The number of rotatable bonds is 7. The average Bonchev–Trinajstić information content (AvgIpc) is 2.74. The summed E-state index contributed by atoms with van der Waals surface area (Å²) in [7, 11) is 0. The number of hydrogen-bond donors (Lipinski definition) is 1. The summed E-state index contributed by atoms with van der Waals surface area (Å²) in [6, 6.07) is 4.46. The summed E-state index contributed by atoms with van der Waals surface area (Å²) in [6.45, 7) is 7.56. The van der Waals surface area contributed by atoms with E-state index in [4.69, 9.17) is 4.42 Å². The van der Waals surface area contributed by atoms with E-state index >= 15 is 0 Å². The van der Waals surface area contributed by atoms with Gasteiger partial charge in [0, 0.05) is 12.5 Å². The molecule has 1 heterocycles. The van der Waals surface area contributed by atoms with Gasteiger partial charge in [-0.2, -0.15) is 0 Å². The third-order valence-electron chi connectivity index (χ3n) is 2.47. The van der Waals surface area contributed by atoms with Crippen molar-refractivity contribution in [1.82, 2.24) is 5.32 Å². The SMILES string of the molecule is CCCNC(C=C(C)C)CCc1ccco1. The molecule has 1 aromatic heterocycles. The van der Waals surface area contributed by atoms with Crippen LogP contribution in [0.2, 0.25) is 0 Å². The quantitative estimate of drug-likeness (QED) is 0.712. The van der Waals surface area contributed by atoms with Gasteiger partial charge in [0.05, 0.1) is 6.26 Å². The lowest BCUT2D eigenvalue weighted by Gasteiger charge is -2.14. The van der Waals surface area contributed by atoms with Crippen LogP contribution in [0.15, 0.2) is 34.5 Å². The minimum absolute atomic E-state index is 0.468. The molecule has 1 unspecified atom stereocenters. The first-order valence-corrected chi connectivity index (χ1v) is 6.13. The Bertz CT molecular complexity index is 297. The summed E-state index contributed by atoms with van der Waals surface area (Å²) in [5, 5.41) is 3.55.